The zero-order valence-electron chi connectivity index (χ0n) is 7.35. The Labute approximate surface area is 81.4 Å². The number of rotatable bonds is 5. The standard InChI is InChI=1S/C9H13NO2S/c11-6-8-13-7-5-10-4-2-1-3-9(10)12/h1-4,11H,5-8H2. The van der Waals surface area contributed by atoms with Crippen LogP contribution >= 0.6 is 11.8 Å². The molecule has 0 aliphatic carbocycles. The Bertz CT molecular complexity index is 298. The molecule has 0 aromatic carbocycles. The number of pyridine rings is 1. The maximum Gasteiger partial charge on any atom is 0.250 e. The number of aliphatic hydroxyl groups excluding tert-OH is 1. The summed E-state index contributed by atoms with van der Waals surface area (Å²) in [7, 11) is 0. The molecule has 0 saturated heterocycles. The molecule has 1 heterocycles. The summed E-state index contributed by atoms with van der Waals surface area (Å²) in [5.74, 6) is 1.60. The lowest BCUT2D eigenvalue weighted by atomic mass is 10.5. The average Bonchev–Trinajstić information content (AvgIpc) is 2.15. The molecule has 0 saturated carbocycles. The lowest BCUT2D eigenvalue weighted by Crippen LogP contribution is -2.18. The molecular formula is C9H13NO2S. The third kappa shape index (κ3) is 3.65. The molecule has 0 unspecified atom stereocenters. The molecular weight excluding hydrogens is 186 g/mol. The van der Waals surface area contributed by atoms with Gasteiger partial charge >= 0.3 is 0 Å². The first kappa shape index (κ1) is 10.3. The van der Waals surface area contributed by atoms with Gasteiger partial charge in [0.2, 0.25) is 0 Å². The monoisotopic (exact) mass is 199 g/mol. The van der Waals surface area contributed by atoms with Crippen molar-refractivity contribution in [3.05, 3.63) is 34.7 Å². The molecule has 0 fully saturated rings. The Balaban J connectivity index is 2.37. The molecule has 1 aromatic rings. The van der Waals surface area contributed by atoms with E-state index in [2.05, 4.69) is 0 Å². The van der Waals surface area contributed by atoms with Crippen LogP contribution in [0.1, 0.15) is 0 Å². The smallest absolute Gasteiger partial charge is 0.250 e. The predicted octanol–water partition coefficient (Wildman–Crippen LogP) is 0.574. The summed E-state index contributed by atoms with van der Waals surface area (Å²) in [5.41, 5.74) is 0.0344. The van der Waals surface area contributed by atoms with E-state index in [4.69, 9.17) is 5.11 Å². The van der Waals surface area contributed by atoms with Crippen LogP contribution in [-0.4, -0.2) is 27.8 Å². The van der Waals surface area contributed by atoms with Crippen LogP contribution in [0.25, 0.3) is 0 Å². The first-order chi connectivity index (χ1) is 6.34. The van der Waals surface area contributed by atoms with E-state index in [1.165, 1.54) is 0 Å². The first-order valence-corrected chi connectivity index (χ1v) is 5.34. The Morgan fingerprint density at radius 2 is 2.23 bits per heavy atom. The summed E-state index contributed by atoms with van der Waals surface area (Å²) in [6, 6.07) is 5.13. The Hall–Kier alpha value is -0.740. The molecule has 1 rings (SSSR count). The van der Waals surface area contributed by atoms with E-state index >= 15 is 0 Å². The van der Waals surface area contributed by atoms with E-state index in [0.717, 1.165) is 11.5 Å². The van der Waals surface area contributed by atoms with E-state index in [9.17, 15) is 4.79 Å². The molecule has 72 valence electrons. The fraction of sp³-hybridized carbons (Fsp3) is 0.444. The zero-order chi connectivity index (χ0) is 9.52. The van der Waals surface area contributed by atoms with Gasteiger partial charge in [-0.05, 0) is 6.07 Å². The number of aromatic nitrogens is 1. The van der Waals surface area contributed by atoms with Crippen molar-refractivity contribution in [3.63, 3.8) is 0 Å². The molecule has 3 nitrogen and oxygen atoms in total. The highest BCUT2D eigenvalue weighted by molar-refractivity contribution is 7.99. The van der Waals surface area contributed by atoms with Crippen molar-refractivity contribution >= 4 is 11.8 Å². The van der Waals surface area contributed by atoms with Crippen LogP contribution in [0.3, 0.4) is 0 Å². The van der Waals surface area contributed by atoms with Gasteiger partial charge in [-0.2, -0.15) is 11.8 Å². The van der Waals surface area contributed by atoms with Crippen molar-refractivity contribution < 1.29 is 5.11 Å². The minimum atomic E-state index is 0.0344. The van der Waals surface area contributed by atoms with Crippen LogP contribution in [0, 0.1) is 0 Å². The zero-order valence-corrected chi connectivity index (χ0v) is 8.17. The number of thioether (sulfide) groups is 1. The van der Waals surface area contributed by atoms with Gasteiger partial charge in [-0.3, -0.25) is 4.79 Å². The van der Waals surface area contributed by atoms with Gasteiger partial charge in [-0.25, -0.2) is 0 Å². The van der Waals surface area contributed by atoms with Gasteiger partial charge < -0.3 is 9.67 Å². The van der Waals surface area contributed by atoms with E-state index in [0.29, 0.717) is 6.54 Å². The van der Waals surface area contributed by atoms with E-state index in [1.54, 1.807) is 34.7 Å². The van der Waals surface area contributed by atoms with Crippen molar-refractivity contribution in [1.82, 2.24) is 4.57 Å². The van der Waals surface area contributed by atoms with Gasteiger partial charge in [-0.1, -0.05) is 6.07 Å². The lowest BCUT2D eigenvalue weighted by molar-refractivity contribution is 0.322. The molecule has 1 aromatic heterocycles. The minimum Gasteiger partial charge on any atom is -0.396 e. The van der Waals surface area contributed by atoms with Crippen molar-refractivity contribution in [2.45, 2.75) is 6.54 Å². The highest BCUT2D eigenvalue weighted by atomic mass is 32.2. The average molecular weight is 199 g/mol. The largest absolute Gasteiger partial charge is 0.396 e. The van der Waals surface area contributed by atoms with Crippen LogP contribution in [0.4, 0.5) is 0 Å². The molecule has 4 heteroatoms. The van der Waals surface area contributed by atoms with Crippen molar-refractivity contribution in [2.75, 3.05) is 18.1 Å². The number of nitrogens with zero attached hydrogens (tertiary/aromatic N) is 1. The topological polar surface area (TPSA) is 42.2 Å². The van der Waals surface area contributed by atoms with Crippen molar-refractivity contribution in [3.8, 4) is 0 Å². The van der Waals surface area contributed by atoms with Crippen LogP contribution in [0.2, 0.25) is 0 Å². The summed E-state index contributed by atoms with van der Waals surface area (Å²) >= 11 is 1.65. The minimum absolute atomic E-state index is 0.0344. The second-order valence-electron chi connectivity index (χ2n) is 2.57. The first-order valence-electron chi connectivity index (χ1n) is 4.18. The summed E-state index contributed by atoms with van der Waals surface area (Å²) in [5, 5.41) is 8.53. The second kappa shape index (κ2) is 5.83. The van der Waals surface area contributed by atoms with E-state index < -0.39 is 0 Å². The highest BCUT2D eigenvalue weighted by Crippen LogP contribution is 1.98. The van der Waals surface area contributed by atoms with Gasteiger partial charge in [0, 0.05) is 30.3 Å². The number of hydrogen-bond acceptors (Lipinski definition) is 3. The molecule has 13 heavy (non-hydrogen) atoms. The van der Waals surface area contributed by atoms with Crippen LogP contribution in [-0.2, 0) is 6.54 Å². The normalized spacial score (nSPS) is 10.2. The molecule has 0 radical (unpaired) electrons. The molecule has 1 N–H and O–H groups in total. The van der Waals surface area contributed by atoms with Crippen molar-refractivity contribution in [2.24, 2.45) is 0 Å². The van der Waals surface area contributed by atoms with E-state index in [1.807, 2.05) is 6.07 Å². The summed E-state index contributed by atoms with van der Waals surface area (Å²) in [4.78, 5) is 11.2. The maximum absolute atomic E-state index is 11.2. The van der Waals surface area contributed by atoms with Crippen molar-refractivity contribution in [1.29, 1.82) is 0 Å². The van der Waals surface area contributed by atoms with Crippen LogP contribution in [0.5, 0.6) is 0 Å². The number of aryl methyl sites for hydroxylation is 1. The summed E-state index contributed by atoms with van der Waals surface area (Å²) < 4.78 is 1.67. The highest BCUT2D eigenvalue weighted by Gasteiger charge is 1.93. The molecule has 0 amide bonds. The quantitative estimate of drug-likeness (QED) is 0.705. The van der Waals surface area contributed by atoms with Crippen LogP contribution in [0.15, 0.2) is 29.2 Å². The SMILES string of the molecule is O=c1ccccn1CCSCCO. The fourth-order valence-corrected chi connectivity index (χ4v) is 1.63. The maximum atomic E-state index is 11.2. The van der Waals surface area contributed by atoms with Gasteiger partial charge in [0.05, 0.1) is 6.61 Å². The lowest BCUT2D eigenvalue weighted by Gasteiger charge is -2.03. The molecule has 0 spiro atoms. The summed E-state index contributed by atoms with van der Waals surface area (Å²) in [6.45, 7) is 0.915. The Morgan fingerprint density at radius 1 is 1.38 bits per heavy atom. The number of hydrogen-bond donors (Lipinski definition) is 1. The van der Waals surface area contributed by atoms with Crippen LogP contribution < -0.4 is 5.56 Å². The van der Waals surface area contributed by atoms with Gasteiger partial charge in [0.15, 0.2) is 0 Å². The van der Waals surface area contributed by atoms with Gasteiger partial charge in [0.25, 0.3) is 5.56 Å². The third-order valence-electron chi connectivity index (χ3n) is 1.61. The third-order valence-corrected chi connectivity index (χ3v) is 2.55. The summed E-state index contributed by atoms with van der Waals surface area (Å²) in [6.07, 6.45) is 1.78. The number of aliphatic hydroxyl groups is 1. The predicted molar refractivity (Wildman–Crippen MR) is 55.1 cm³/mol. The molecule has 0 bridgehead atoms. The Morgan fingerprint density at radius 3 is 2.92 bits per heavy atom. The second-order valence-corrected chi connectivity index (χ2v) is 3.79. The molecule has 0 atom stereocenters. The van der Waals surface area contributed by atoms with Gasteiger partial charge in [-0.15, -0.1) is 0 Å². The van der Waals surface area contributed by atoms with E-state index in [-0.39, 0.29) is 12.2 Å². The fourth-order valence-electron chi connectivity index (χ4n) is 0.975. The van der Waals surface area contributed by atoms with Gasteiger partial charge in [0.1, 0.15) is 0 Å². The molecule has 0 aliphatic rings. The Kier molecular flexibility index (Phi) is 4.64. The molecule has 0 aliphatic heterocycles.